The Morgan fingerprint density at radius 2 is 1.57 bits per heavy atom. The largest absolute Gasteiger partial charge is 0.465 e. The maximum absolute atomic E-state index is 13.0. The standard InChI is InChI=1S/C15H23O5P/c1-5-18-15(16)14(13-10-8-12(4)9-11-13)21(17,19-6-2)20-7-3/h8-11,14H,5-7H2,1-4H3. The fraction of sp³-hybridized carbons (Fsp3) is 0.533. The van der Waals surface area contributed by atoms with Gasteiger partial charge in [-0.2, -0.15) is 0 Å². The first-order chi connectivity index (χ1) is 9.98. The van der Waals surface area contributed by atoms with Crippen LogP contribution in [0.3, 0.4) is 0 Å². The minimum Gasteiger partial charge on any atom is -0.465 e. The first kappa shape index (κ1) is 17.9. The second-order valence-corrected chi connectivity index (χ2v) is 6.55. The third-order valence-corrected chi connectivity index (χ3v) is 5.21. The fourth-order valence-corrected chi connectivity index (χ4v) is 3.93. The molecule has 0 heterocycles. The third kappa shape index (κ3) is 4.67. The van der Waals surface area contributed by atoms with Gasteiger partial charge in [0.2, 0.25) is 0 Å². The molecule has 0 fully saturated rings. The lowest BCUT2D eigenvalue weighted by molar-refractivity contribution is -0.143. The summed E-state index contributed by atoms with van der Waals surface area (Å²) in [6, 6.07) is 7.21. The molecule has 1 rings (SSSR count). The minimum absolute atomic E-state index is 0.193. The van der Waals surface area contributed by atoms with Gasteiger partial charge in [0.25, 0.3) is 0 Å². The molecule has 1 aromatic carbocycles. The van der Waals surface area contributed by atoms with Crippen LogP contribution in [0, 0.1) is 6.92 Å². The van der Waals surface area contributed by atoms with E-state index in [1.807, 2.05) is 19.1 Å². The van der Waals surface area contributed by atoms with Gasteiger partial charge in [0.05, 0.1) is 19.8 Å². The van der Waals surface area contributed by atoms with Crippen LogP contribution in [0.15, 0.2) is 24.3 Å². The lowest BCUT2D eigenvalue weighted by Gasteiger charge is -2.25. The van der Waals surface area contributed by atoms with Crippen LogP contribution in [0.4, 0.5) is 0 Å². The van der Waals surface area contributed by atoms with Gasteiger partial charge >= 0.3 is 13.6 Å². The molecule has 0 aliphatic rings. The summed E-state index contributed by atoms with van der Waals surface area (Å²) in [5.41, 5.74) is 0.561. The molecular weight excluding hydrogens is 291 g/mol. The first-order valence-corrected chi connectivity index (χ1v) is 8.71. The van der Waals surface area contributed by atoms with Crippen molar-refractivity contribution in [2.24, 2.45) is 0 Å². The second-order valence-electron chi connectivity index (χ2n) is 4.44. The highest BCUT2D eigenvalue weighted by atomic mass is 31.2. The lowest BCUT2D eigenvalue weighted by atomic mass is 10.1. The number of hydrogen-bond donors (Lipinski definition) is 0. The van der Waals surface area contributed by atoms with Crippen molar-refractivity contribution in [3.63, 3.8) is 0 Å². The van der Waals surface area contributed by atoms with E-state index in [-0.39, 0.29) is 19.8 Å². The number of carbonyl (C=O) groups is 1. The Balaban J connectivity index is 3.25. The smallest absolute Gasteiger partial charge is 0.349 e. The van der Waals surface area contributed by atoms with Crippen LogP contribution in [0.1, 0.15) is 37.6 Å². The number of rotatable bonds is 8. The average molecular weight is 314 g/mol. The molecule has 0 saturated heterocycles. The van der Waals surface area contributed by atoms with E-state index in [0.29, 0.717) is 5.56 Å². The Morgan fingerprint density at radius 3 is 2.00 bits per heavy atom. The summed E-state index contributed by atoms with van der Waals surface area (Å²) >= 11 is 0. The first-order valence-electron chi connectivity index (χ1n) is 7.10. The maximum atomic E-state index is 13.0. The van der Waals surface area contributed by atoms with E-state index in [9.17, 15) is 9.36 Å². The van der Waals surface area contributed by atoms with Crippen LogP contribution in [-0.2, 0) is 23.1 Å². The highest BCUT2D eigenvalue weighted by Gasteiger charge is 2.43. The van der Waals surface area contributed by atoms with Crippen molar-refractivity contribution in [3.8, 4) is 0 Å². The molecule has 118 valence electrons. The fourth-order valence-electron chi connectivity index (χ4n) is 1.96. The Labute approximate surface area is 126 Å². The summed E-state index contributed by atoms with van der Waals surface area (Å²) in [5, 5.41) is 0. The van der Waals surface area contributed by atoms with Gasteiger partial charge in [-0.25, -0.2) is 0 Å². The zero-order valence-corrected chi connectivity index (χ0v) is 13.9. The Morgan fingerprint density at radius 1 is 1.05 bits per heavy atom. The van der Waals surface area contributed by atoms with E-state index in [1.165, 1.54) is 0 Å². The molecular formula is C15H23O5P. The second kappa shape index (κ2) is 8.32. The molecule has 1 unspecified atom stereocenters. The molecule has 0 spiro atoms. The third-order valence-electron chi connectivity index (χ3n) is 2.84. The van der Waals surface area contributed by atoms with Gasteiger partial charge in [0.1, 0.15) is 0 Å². The van der Waals surface area contributed by atoms with Crippen LogP contribution < -0.4 is 0 Å². The van der Waals surface area contributed by atoms with Crippen LogP contribution in [0.25, 0.3) is 0 Å². The SMILES string of the molecule is CCOC(=O)C(c1ccc(C)cc1)P(=O)(OCC)OCC. The Bertz CT molecular complexity index is 487. The van der Waals surface area contributed by atoms with E-state index in [1.54, 1.807) is 32.9 Å². The number of carbonyl (C=O) groups excluding carboxylic acids is 1. The quantitative estimate of drug-likeness (QED) is 0.538. The van der Waals surface area contributed by atoms with Crippen LogP contribution in [-0.4, -0.2) is 25.8 Å². The molecule has 0 amide bonds. The normalized spacial score (nSPS) is 13.0. The molecule has 1 aromatic rings. The molecule has 5 nitrogen and oxygen atoms in total. The highest BCUT2D eigenvalue weighted by Crippen LogP contribution is 2.61. The van der Waals surface area contributed by atoms with Gasteiger partial charge < -0.3 is 13.8 Å². The predicted octanol–water partition coefficient (Wildman–Crippen LogP) is 3.87. The molecule has 0 saturated carbocycles. The number of hydrogen-bond acceptors (Lipinski definition) is 5. The van der Waals surface area contributed by atoms with E-state index in [0.717, 1.165) is 5.56 Å². The van der Waals surface area contributed by atoms with Crippen molar-refractivity contribution in [2.75, 3.05) is 19.8 Å². The van der Waals surface area contributed by atoms with E-state index in [4.69, 9.17) is 13.8 Å². The number of benzene rings is 1. The van der Waals surface area contributed by atoms with Crippen molar-refractivity contribution in [2.45, 2.75) is 33.4 Å². The van der Waals surface area contributed by atoms with Crippen LogP contribution in [0.2, 0.25) is 0 Å². The number of ether oxygens (including phenoxy) is 1. The molecule has 0 aromatic heterocycles. The minimum atomic E-state index is -3.63. The summed E-state index contributed by atoms with van der Waals surface area (Å²) in [7, 11) is -3.63. The van der Waals surface area contributed by atoms with E-state index >= 15 is 0 Å². The lowest BCUT2D eigenvalue weighted by Crippen LogP contribution is -2.19. The summed E-state index contributed by atoms with van der Waals surface area (Å²) in [6.45, 7) is 7.66. The molecule has 6 heteroatoms. The molecule has 0 N–H and O–H groups in total. The number of esters is 1. The van der Waals surface area contributed by atoms with Crippen molar-refractivity contribution >= 4 is 13.6 Å². The van der Waals surface area contributed by atoms with Gasteiger partial charge in [0, 0.05) is 0 Å². The van der Waals surface area contributed by atoms with Gasteiger partial charge in [-0.1, -0.05) is 29.8 Å². The monoisotopic (exact) mass is 314 g/mol. The van der Waals surface area contributed by atoms with Crippen LogP contribution >= 0.6 is 7.60 Å². The van der Waals surface area contributed by atoms with Crippen LogP contribution in [0.5, 0.6) is 0 Å². The molecule has 0 aliphatic carbocycles. The molecule has 0 aliphatic heterocycles. The maximum Gasteiger partial charge on any atom is 0.349 e. The summed E-state index contributed by atoms with van der Waals surface area (Å²) in [5.74, 6) is -0.591. The van der Waals surface area contributed by atoms with Crippen molar-refractivity contribution in [1.29, 1.82) is 0 Å². The Hall–Kier alpha value is -1.16. The molecule has 0 radical (unpaired) electrons. The number of aryl methyl sites for hydroxylation is 1. The van der Waals surface area contributed by atoms with Crippen molar-refractivity contribution in [1.82, 2.24) is 0 Å². The van der Waals surface area contributed by atoms with Gasteiger partial charge in [-0.15, -0.1) is 0 Å². The van der Waals surface area contributed by atoms with Gasteiger partial charge in [-0.05, 0) is 33.3 Å². The summed E-state index contributed by atoms with van der Waals surface area (Å²) < 4.78 is 28.7. The molecule has 1 atom stereocenters. The van der Waals surface area contributed by atoms with Crippen molar-refractivity contribution in [3.05, 3.63) is 35.4 Å². The highest BCUT2D eigenvalue weighted by molar-refractivity contribution is 7.55. The molecule has 0 bridgehead atoms. The zero-order chi connectivity index (χ0) is 15.9. The summed E-state index contributed by atoms with van der Waals surface area (Å²) in [4.78, 5) is 12.3. The molecule has 21 heavy (non-hydrogen) atoms. The topological polar surface area (TPSA) is 61.8 Å². The summed E-state index contributed by atoms with van der Waals surface area (Å²) in [6.07, 6.45) is 0. The van der Waals surface area contributed by atoms with Crippen molar-refractivity contribution < 1.29 is 23.1 Å². The predicted molar refractivity (Wildman–Crippen MR) is 81.4 cm³/mol. The average Bonchev–Trinajstić information content (AvgIpc) is 2.42. The Kier molecular flexibility index (Phi) is 7.09. The van der Waals surface area contributed by atoms with E-state index in [2.05, 4.69) is 0 Å². The van der Waals surface area contributed by atoms with Gasteiger partial charge in [-0.3, -0.25) is 9.36 Å². The van der Waals surface area contributed by atoms with Gasteiger partial charge in [0.15, 0.2) is 5.66 Å². The zero-order valence-electron chi connectivity index (χ0n) is 13.0. The van der Waals surface area contributed by atoms with E-state index < -0.39 is 19.2 Å².